The Hall–Kier alpha value is -4.46. The highest BCUT2D eigenvalue weighted by Gasteiger charge is 2.09. The Morgan fingerprint density at radius 2 is 1.62 bits per heavy atom. The zero-order chi connectivity index (χ0) is 23.9. The molecular weight excluding hydrogens is 432 g/mol. The molecule has 0 aliphatic carbocycles. The van der Waals surface area contributed by atoms with Gasteiger partial charge in [-0.1, -0.05) is 35.0 Å². The van der Waals surface area contributed by atoms with Gasteiger partial charge in [0.15, 0.2) is 6.61 Å². The van der Waals surface area contributed by atoms with E-state index in [-0.39, 0.29) is 18.4 Å². The van der Waals surface area contributed by atoms with E-state index in [9.17, 15) is 9.59 Å². The van der Waals surface area contributed by atoms with E-state index >= 15 is 0 Å². The van der Waals surface area contributed by atoms with Crippen LogP contribution in [0.15, 0.2) is 77.3 Å². The summed E-state index contributed by atoms with van der Waals surface area (Å²) >= 11 is 0. The summed E-state index contributed by atoms with van der Waals surface area (Å²) in [5, 5.41) is 9.55. The van der Waals surface area contributed by atoms with E-state index in [1.54, 1.807) is 43.3 Å². The van der Waals surface area contributed by atoms with Crippen molar-refractivity contribution >= 4 is 17.5 Å². The van der Waals surface area contributed by atoms with E-state index < -0.39 is 0 Å². The van der Waals surface area contributed by atoms with Crippen molar-refractivity contribution in [3.8, 4) is 5.75 Å². The van der Waals surface area contributed by atoms with E-state index in [0.29, 0.717) is 40.8 Å². The molecule has 4 aromatic rings. The standard InChI is InChI=1S/C26H24N4O4/c1-17-6-8-21(9-7-17)26(32)29-22-5-3-4-19(14-22)15-27-25(31)20-10-12-23(13-11-20)33-16-24-28-18(2)34-30-24/h3-14H,15-16H2,1-2H3,(H,27,31)(H,29,32). The molecule has 0 radical (unpaired) electrons. The minimum Gasteiger partial charge on any atom is -0.485 e. The van der Waals surface area contributed by atoms with Crippen molar-refractivity contribution in [3.05, 3.63) is 107 Å². The van der Waals surface area contributed by atoms with Gasteiger partial charge in [0, 0.05) is 30.3 Å². The molecule has 8 heteroatoms. The van der Waals surface area contributed by atoms with Crippen LogP contribution in [0, 0.1) is 13.8 Å². The number of anilines is 1. The number of nitrogens with zero attached hydrogens (tertiary/aromatic N) is 2. The zero-order valence-electron chi connectivity index (χ0n) is 18.9. The van der Waals surface area contributed by atoms with Crippen molar-refractivity contribution in [1.82, 2.24) is 15.5 Å². The molecule has 0 aliphatic rings. The molecule has 1 heterocycles. The number of ether oxygens (including phenoxy) is 1. The topological polar surface area (TPSA) is 106 Å². The number of hydrogen-bond donors (Lipinski definition) is 2. The summed E-state index contributed by atoms with van der Waals surface area (Å²) < 4.78 is 10.5. The summed E-state index contributed by atoms with van der Waals surface area (Å²) in [5.74, 6) is 1.13. The van der Waals surface area contributed by atoms with E-state index in [1.807, 2.05) is 43.3 Å². The van der Waals surface area contributed by atoms with Gasteiger partial charge in [-0.2, -0.15) is 4.98 Å². The van der Waals surface area contributed by atoms with Crippen LogP contribution in [0.25, 0.3) is 0 Å². The molecule has 0 atom stereocenters. The van der Waals surface area contributed by atoms with Gasteiger partial charge in [-0.3, -0.25) is 9.59 Å². The maximum absolute atomic E-state index is 12.5. The Bertz CT molecular complexity index is 1280. The van der Waals surface area contributed by atoms with Crippen LogP contribution in [0.4, 0.5) is 5.69 Å². The number of carbonyl (C=O) groups excluding carboxylic acids is 2. The summed E-state index contributed by atoms with van der Waals surface area (Å²) in [5.41, 5.74) is 3.71. The number of nitrogens with one attached hydrogen (secondary N) is 2. The Balaban J connectivity index is 1.29. The minimum absolute atomic E-state index is 0.180. The predicted molar refractivity (Wildman–Crippen MR) is 127 cm³/mol. The summed E-state index contributed by atoms with van der Waals surface area (Å²) in [6, 6.07) is 21.5. The first-order valence-corrected chi connectivity index (χ1v) is 10.7. The second kappa shape index (κ2) is 10.4. The van der Waals surface area contributed by atoms with E-state index in [2.05, 4.69) is 20.8 Å². The minimum atomic E-state index is -0.213. The Kier molecular flexibility index (Phi) is 6.98. The van der Waals surface area contributed by atoms with Gasteiger partial charge in [0.2, 0.25) is 11.7 Å². The molecule has 0 saturated heterocycles. The van der Waals surface area contributed by atoms with Gasteiger partial charge in [0.05, 0.1) is 0 Å². The lowest BCUT2D eigenvalue weighted by Gasteiger charge is -2.10. The van der Waals surface area contributed by atoms with Crippen LogP contribution >= 0.6 is 0 Å². The highest BCUT2D eigenvalue weighted by atomic mass is 16.5. The van der Waals surface area contributed by atoms with E-state index in [0.717, 1.165) is 11.1 Å². The van der Waals surface area contributed by atoms with Gasteiger partial charge in [-0.05, 0) is 61.0 Å². The summed E-state index contributed by atoms with van der Waals surface area (Å²) in [4.78, 5) is 29.0. The van der Waals surface area contributed by atoms with E-state index in [1.165, 1.54) is 0 Å². The quantitative estimate of drug-likeness (QED) is 0.406. The van der Waals surface area contributed by atoms with Gasteiger partial charge < -0.3 is 19.9 Å². The Morgan fingerprint density at radius 1 is 0.912 bits per heavy atom. The van der Waals surface area contributed by atoms with Crippen molar-refractivity contribution in [2.24, 2.45) is 0 Å². The molecule has 8 nitrogen and oxygen atoms in total. The smallest absolute Gasteiger partial charge is 0.255 e. The molecule has 0 spiro atoms. The molecular formula is C26H24N4O4. The SMILES string of the molecule is Cc1ccc(C(=O)Nc2cccc(CNC(=O)c3ccc(OCc4noc(C)n4)cc3)c2)cc1. The monoisotopic (exact) mass is 456 g/mol. The Morgan fingerprint density at radius 3 is 2.32 bits per heavy atom. The van der Waals surface area contributed by atoms with Gasteiger partial charge in [0.25, 0.3) is 11.8 Å². The molecule has 2 amide bonds. The molecule has 0 unspecified atom stereocenters. The van der Waals surface area contributed by atoms with Crippen molar-refractivity contribution in [2.75, 3.05) is 5.32 Å². The fourth-order valence-corrected chi connectivity index (χ4v) is 3.20. The third-order valence-corrected chi connectivity index (χ3v) is 5.01. The first-order valence-electron chi connectivity index (χ1n) is 10.7. The molecule has 0 saturated carbocycles. The van der Waals surface area contributed by atoms with Crippen LogP contribution in [-0.4, -0.2) is 22.0 Å². The molecule has 172 valence electrons. The molecule has 2 N–H and O–H groups in total. The number of hydrogen-bond acceptors (Lipinski definition) is 6. The van der Waals surface area contributed by atoms with Crippen molar-refractivity contribution < 1.29 is 18.8 Å². The van der Waals surface area contributed by atoms with Crippen LogP contribution in [0.5, 0.6) is 5.75 Å². The van der Waals surface area contributed by atoms with Crippen LogP contribution in [0.2, 0.25) is 0 Å². The first kappa shape index (κ1) is 22.7. The number of benzene rings is 3. The lowest BCUT2D eigenvalue weighted by atomic mass is 10.1. The number of carbonyl (C=O) groups is 2. The lowest BCUT2D eigenvalue weighted by Crippen LogP contribution is -2.22. The van der Waals surface area contributed by atoms with Crippen LogP contribution in [0.1, 0.15) is 43.6 Å². The number of aryl methyl sites for hydroxylation is 2. The molecule has 0 aliphatic heterocycles. The lowest BCUT2D eigenvalue weighted by molar-refractivity contribution is 0.0950. The molecule has 34 heavy (non-hydrogen) atoms. The van der Waals surface area contributed by atoms with Gasteiger partial charge in [-0.25, -0.2) is 0 Å². The largest absolute Gasteiger partial charge is 0.485 e. The number of rotatable bonds is 8. The Labute approximate surface area is 197 Å². The van der Waals surface area contributed by atoms with Gasteiger partial charge in [-0.15, -0.1) is 0 Å². The highest BCUT2D eigenvalue weighted by Crippen LogP contribution is 2.15. The third kappa shape index (κ3) is 6.07. The molecule has 3 aromatic carbocycles. The zero-order valence-corrected chi connectivity index (χ0v) is 18.9. The fraction of sp³-hybridized carbons (Fsp3) is 0.154. The number of aromatic nitrogens is 2. The summed E-state index contributed by atoms with van der Waals surface area (Å²) in [6.07, 6.45) is 0. The third-order valence-electron chi connectivity index (χ3n) is 5.01. The van der Waals surface area contributed by atoms with Gasteiger partial charge in [0.1, 0.15) is 5.75 Å². The van der Waals surface area contributed by atoms with Crippen molar-refractivity contribution in [3.63, 3.8) is 0 Å². The highest BCUT2D eigenvalue weighted by molar-refractivity contribution is 6.04. The normalized spacial score (nSPS) is 10.5. The van der Waals surface area contributed by atoms with Crippen molar-refractivity contribution in [2.45, 2.75) is 27.0 Å². The molecule has 1 aromatic heterocycles. The summed E-state index contributed by atoms with van der Waals surface area (Å²) in [6.45, 7) is 4.18. The average Bonchev–Trinajstić information content (AvgIpc) is 3.27. The fourth-order valence-electron chi connectivity index (χ4n) is 3.20. The summed E-state index contributed by atoms with van der Waals surface area (Å²) in [7, 11) is 0. The van der Waals surface area contributed by atoms with Gasteiger partial charge >= 0.3 is 0 Å². The second-order valence-corrected chi connectivity index (χ2v) is 7.75. The maximum atomic E-state index is 12.5. The predicted octanol–water partition coefficient (Wildman–Crippen LogP) is 4.45. The van der Waals surface area contributed by atoms with Crippen LogP contribution < -0.4 is 15.4 Å². The number of amides is 2. The molecule has 4 rings (SSSR count). The van der Waals surface area contributed by atoms with Crippen LogP contribution in [-0.2, 0) is 13.2 Å². The second-order valence-electron chi connectivity index (χ2n) is 7.75. The molecule has 0 bridgehead atoms. The first-order chi connectivity index (χ1) is 16.5. The molecule has 0 fully saturated rings. The average molecular weight is 457 g/mol. The van der Waals surface area contributed by atoms with E-state index in [4.69, 9.17) is 9.26 Å². The van der Waals surface area contributed by atoms with Crippen molar-refractivity contribution in [1.29, 1.82) is 0 Å². The van der Waals surface area contributed by atoms with Crippen LogP contribution in [0.3, 0.4) is 0 Å². The maximum Gasteiger partial charge on any atom is 0.255 e.